The largest absolute Gasteiger partial charge is 0.381 e. The number of aryl methyl sites for hydroxylation is 1. The zero-order valence-corrected chi connectivity index (χ0v) is 12.5. The van der Waals surface area contributed by atoms with Crippen molar-refractivity contribution in [3.63, 3.8) is 0 Å². The maximum atomic E-state index is 13.9. The summed E-state index contributed by atoms with van der Waals surface area (Å²) in [6.07, 6.45) is 5.46. The van der Waals surface area contributed by atoms with Gasteiger partial charge in [-0.2, -0.15) is 0 Å². The number of halogens is 1. The van der Waals surface area contributed by atoms with Gasteiger partial charge in [-0.15, -0.1) is 6.42 Å². The van der Waals surface area contributed by atoms with Gasteiger partial charge in [0.15, 0.2) is 0 Å². The summed E-state index contributed by atoms with van der Waals surface area (Å²) < 4.78 is 13.9. The molecule has 0 radical (unpaired) electrons. The maximum absolute atomic E-state index is 13.9. The lowest BCUT2D eigenvalue weighted by Crippen LogP contribution is -2.06. The highest BCUT2D eigenvalue weighted by molar-refractivity contribution is 5.75. The van der Waals surface area contributed by atoms with Gasteiger partial charge in [0.1, 0.15) is 5.82 Å². The molecule has 0 amide bonds. The molecule has 1 N–H and O–H groups in total. The molecule has 0 saturated heterocycles. The van der Waals surface area contributed by atoms with Crippen molar-refractivity contribution in [1.29, 1.82) is 0 Å². The molecule has 2 heteroatoms. The predicted octanol–water partition coefficient (Wildman–Crippen LogP) is 4.38. The van der Waals surface area contributed by atoms with E-state index in [9.17, 15) is 4.39 Å². The first-order chi connectivity index (χ1) is 10.0. The minimum atomic E-state index is -0.269. The molecule has 0 heterocycles. The molecule has 0 aliphatic rings. The molecule has 0 bridgehead atoms. The van der Waals surface area contributed by atoms with E-state index in [-0.39, 0.29) is 5.82 Å². The van der Waals surface area contributed by atoms with E-state index in [1.165, 1.54) is 17.7 Å². The molecular formula is C19H18FN. The first-order valence-electron chi connectivity index (χ1n) is 6.78. The van der Waals surface area contributed by atoms with Crippen molar-refractivity contribution in [3.8, 4) is 23.5 Å². The van der Waals surface area contributed by atoms with Gasteiger partial charge in [-0.3, -0.25) is 0 Å². The number of terminal acetylenes is 1. The fourth-order valence-electron chi connectivity index (χ4n) is 2.23. The van der Waals surface area contributed by atoms with Crippen LogP contribution in [0.15, 0.2) is 48.2 Å². The molecule has 0 spiro atoms. The summed E-state index contributed by atoms with van der Waals surface area (Å²) in [5.41, 5.74) is 5.31. The van der Waals surface area contributed by atoms with E-state index in [2.05, 4.69) is 11.2 Å². The Labute approximate surface area is 125 Å². The SMILES string of the molecule is C#C/C(NC)=C(/C)c1cc(F)cc(-c2ccc(C)cc2)c1. The standard InChI is InChI=1S/C19H18FN/c1-5-19(21-4)14(3)16-10-17(12-18(20)11-16)15-8-6-13(2)7-9-15/h1,6-12,21H,2-4H3/b19-14+. The van der Waals surface area contributed by atoms with E-state index < -0.39 is 0 Å². The smallest absolute Gasteiger partial charge is 0.124 e. The Morgan fingerprint density at radius 2 is 1.76 bits per heavy atom. The second kappa shape index (κ2) is 6.28. The van der Waals surface area contributed by atoms with Crippen molar-refractivity contribution in [3.05, 3.63) is 65.1 Å². The highest BCUT2D eigenvalue weighted by Gasteiger charge is 2.07. The normalized spacial score (nSPS) is 11.6. The molecule has 0 atom stereocenters. The summed E-state index contributed by atoms with van der Waals surface area (Å²) in [5.74, 6) is 2.31. The summed E-state index contributed by atoms with van der Waals surface area (Å²) >= 11 is 0. The van der Waals surface area contributed by atoms with Crippen LogP contribution in [0.25, 0.3) is 16.7 Å². The Morgan fingerprint density at radius 1 is 1.10 bits per heavy atom. The highest BCUT2D eigenvalue weighted by Crippen LogP contribution is 2.26. The number of hydrogen-bond donors (Lipinski definition) is 1. The summed E-state index contributed by atoms with van der Waals surface area (Å²) in [6.45, 7) is 3.92. The molecule has 0 fully saturated rings. The monoisotopic (exact) mass is 279 g/mol. The van der Waals surface area contributed by atoms with Gasteiger partial charge in [-0.25, -0.2) is 4.39 Å². The fourth-order valence-corrected chi connectivity index (χ4v) is 2.23. The lowest BCUT2D eigenvalue weighted by atomic mass is 9.98. The third kappa shape index (κ3) is 3.32. The average Bonchev–Trinajstić information content (AvgIpc) is 2.48. The van der Waals surface area contributed by atoms with E-state index in [1.54, 1.807) is 7.05 Å². The Hall–Kier alpha value is -2.53. The topological polar surface area (TPSA) is 12.0 Å². The molecule has 106 valence electrons. The quantitative estimate of drug-likeness (QED) is 0.822. The minimum absolute atomic E-state index is 0.269. The second-order valence-corrected chi connectivity index (χ2v) is 4.99. The third-order valence-corrected chi connectivity index (χ3v) is 3.49. The number of hydrogen-bond acceptors (Lipinski definition) is 1. The summed E-state index contributed by atoms with van der Waals surface area (Å²) in [7, 11) is 1.76. The highest BCUT2D eigenvalue weighted by atomic mass is 19.1. The van der Waals surface area contributed by atoms with Crippen LogP contribution in [0.2, 0.25) is 0 Å². The Kier molecular flexibility index (Phi) is 4.45. The van der Waals surface area contributed by atoms with Gasteiger partial charge >= 0.3 is 0 Å². The van der Waals surface area contributed by atoms with E-state index in [0.717, 1.165) is 22.3 Å². The molecule has 2 aromatic carbocycles. The summed E-state index contributed by atoms with van der Waals surface area (Å²) in [6, 6.07) is 13.0. The zero-order valence-electron chi connectivity index (χ0n) is 12.5. The number of nitrogens with one attached hydrogen (secondary N) is 1. The second-order valence-electron chi connectivity index (χ2n) is 4.99. The summed E-state index contributed by atoms with van der Waals surface area (Å²) in [5, 5.41) is 2.96. The number of rotatable bonds is 3. The van der Waals surface area contributed by atoms with E-state index in [0.29, 0.717) is 5.70 Å². The molecule has 21 heavy (non-hydrogen) atoms. The van der Waals surface area contributed by atoms with Crippen molar-refractivity contribution in [2.75, 3.05) is 7.05 Å². The van der Waals surface area contributed by atoms with Crippen molar-refractivity contribution in [2.24, 2.45) is 0 Å². The average molecular weight is 279 g/mol. The third-order valence-electron chi connectivity index (χ3n) is 3.49. The molecule has 0 aliphatic heterocycles. The van der Waals surface area contributed by atoms with Crippen LogP contribution in [0, 0.1) is 25.1 Å². The van der Waals surface area contributed by atoms with Gasteiger partial charge in [0.2, 0.25) is 0 Å². The van der Waals surface area contributed by atoms with Crippen molar-refractivity contribution < 1.29 is 4.39 Å². The van der Waals surface area contributed by atoms with Crippen molar-refractivity contribution in [2.45, 2.75) is 13.8 Å². The van der Waals surface area contributed by atoms with E-state index >= 15 is 0 Å². The molecule has 0 saturated carbocycles. The molecule has 0 unspecified atom stereocenters. The molecular weight excluding hydrogens is 261 g/mol. The van der Waals surface area contributed by atoms with Crippen LogP contribution in [0.5, 0.6) is 0 Å². The minimum Gasteiger partial charge on any atom is -0.381 e. The molecule has 2 rings (SSSR count). The fraction of sp³-hybridized carbons (Fsp3) is 0.158. The Bertz CT molecular complexity index is 718. The predicted molar refractivity (Wildman–Crippen MR) is 87.1 cm³/mol. The Morgan fingerprint density at radius 3 is 2.33 bits per heavy atom. The lowest BCUT2D eigenvalue weighted by molar-refractivity contribution is 0.628. The van der Waals surface area contributed by atoms with Crippen molar-refractivity contribution in [1.82, 2.24) is 5.32 Å². The van der Waals surface area contributed by atoms with Gasteiger partial charge < -0.3 is 5.32 Å². The first-order valence-corrected chi connectivity index (χ1v) is 6.78. The maximum Gasteiger partial charge on any atom is 0.124 e. The van der Waals surface area contributed by atoms with Crippen LogP contribution in [0.3, 0.4) is 0 Å². The molecule has 0 aliphatic carbocycles. The van der Waals surface area contributed by atoms with E-state index in [4.69, 9.17) is 6.42 Å². The summed E-state index contributed by atoms with van der Waals surface area (Å²) in [4.78, 5) is 0. The lowest BCUT2D eigenvalue weighted by Gasteiger charge is -2.10. The molecule has 2 aromatic rings. The van der Waals surface area contributed by atoms with E-state index in [1.807, 2.05) is 44.2 Å². The van der Waals surface area contributed by atoms with Crippen molar-refractivity contribution >= 4 is 5.57 Å². The van der Waals surface area contributed by atoms with Crippen LogP contribution in [-0.2, 0) is 0 Å². The van der Waals surface area contributed by atoms with Gasteiger partial charge in [0.05, 0.1) is 5.70 Å². The van der Waals surface area contributed by atoms with Gasteiger partial charge in [0.25, 0.3) is 0 Å². The first kappa shape index (κ1) is 14.9. The molecule has 1 nitrogen and oxygen atoms in total. The molecule has 0 aromatic heterocycles. The number of benzene rings is 2. The van der Waals surface area contributed by atoms with Crippen LogP contribution < -0.4 is 5.32 Å². The van der Waals surface area contributed by atoms with Gasteiger partial charge in [-0.05, 0) is 54.3 Å². The van der Waals surface area contributed by atoms with Gasteiger partial charge in [0, 0.05) is 7.05 Å². The zero-order chi connectivity index (χ0) is 15.4. The Balaban J connectivity index is 2.55. The van der Waals surface area contributed by atoms with Crippen LogP contribution in [-0.4, -0.2) is 7.05 Å². The van der Waals surface area contributed by atoms with Crippen LogP contribution in [0.4, 0.5) is 4.39 Å². The van der Waals surface area contributed by atoms with Crippen LogP contribution in [0.1, 0.15) is 18.1 Å². The number of allylic oxidation sites excluding steroid dienone is 2. The van der Waals surface area contributed by atoms with Crippen LogP contribution >= 0.6 is 0 Å². The van der Waals surface area contributed by atoms with Gasteiger partial charge in [-0.1, -0.05) is 35.7 Å².